The SMILES string of the molecule is C=C(NC1CC1)c1cc2cc(C#N)ccc2c(I)c1NC(=O)c1cc(C(F)(F)F)nn1-c1ncccc1C. The van der Waals surface area contributed by atoms with E-state index in [2.05, 4.69) is 56.0 Å². The molecule has 2 heterocycles. The van der Waals surface area contributed by atoms with Crippen LogP contribution in [0.2, 0.25) is 0 Å². The Hall–Kier alpha value is -3.92. The molecule has 2 aromatic heterocycles. The smallest absolute Gasteiger partial charge is 0.382 e. The van der Waals surface area contributed by atoms with Crippen LogP contribution in [0.25, 0.3) is 22.3 Å². The summed E-state index contributed by atoms with van der Waals surface area (Å²) in [7, 11) is 0. The molecule has 192 valence electrons. The molecule has 0 bridgehead atoms. The molecule has 4 aromatic rings. The number of rotatable bonds is 6. The Morgan fingerprint density at radius 2 is 2.00 bits per heavy atom. The maximum absolute atomic E-state index is 13.6. The van der Waals surface area contributed by atoms with Gasteiger partial charge in [-0.3, -0.25) is 4.79 Å². The fraction of sp³-hybridized carbons (Fsp3) is 0.185. The number of nitrogens with zero attached hydrogens (tertiary/aromatic N) is 4. The van der Waals surface area contributed by atoms with Crippen molar-refractivity contribution in [1.29, 1.82) is 5.26 Å². The molecule has 2 N–H and O–H groups in total. The van der Waals surface area contributed by atoms with Crippen molar-refractivity contribution in [2.24, 2.45) is 0 Å². The fourth-order valence-corrected chi connectivity index (χ4v) is 4.98. The normalized spacial score (nSPS) is 13.3. The molecule has 1 aliphatic carbocycles. The summed E-state index contributed by atoms with van der Waals surface area (Å²) in [6.07, 6.45) is -1.35. The average Bonchev–Trinajstić information content (AvgIpc) is 3.57. The van der Waals surface area contributed by atoms with Crippen molar-refractivity contribution in [1.82, 2.24) is 20.1 Å². The molecule has 1 amide bonds. The molecule has 1 fully saturated rings. The van der Waals surface area contributed by atoms with Gasteiger partial charge in [-0.25, -0.2) is 9.67 Å². The Morgan fingerprint density at radius 3 is 2.66 bits per heavy atom. The summed E-state index contributed by atoms with van der Waals surface area (Å²) in [5, 5.41) is 20.7. The number of benzene rings is 2. The van der Waals surface area contributed by atoms with E-state index in [4.69, 9.17) is 0 Å². The van der Waals surface area contributed by atoms with Gasteiger partial charge in [0.1, 0.15) is 5.69 Å². The van der Waals surface area contributed by atoms with Crippen LogP contribution in [0.4, 0.5) is 18.9 Å². The monoisotopic (exact) mass is 628 g/mol. The number of halogens is 4. The fourth-order valence-electron chi connectivity index (χ4n) is 4.06. The van der Waals surface area contributed by atoms with Crippen LogP contribution < -0.4 is 10.6 Å². The number of hydrogen-bond donors (Lipinski definition) is 2. The van der Waals surface area contributed by atoms with Crippen molar-refractivity contribution in [3.8, 4) is 11.9 Å². The van der Waals surface area contributed by atoms with E-state index in [0.29, 0.717) is 37.7 Å². The number of alkyl halides is 3. The Morgan fingerprint density at radius 1 is 1.24 bits per heavy atom. The molecule has 0 saturated heterocycles. The molecule has 38 heavy (non-hydrogen) atoms. The molecule has 0 spiro atoms. The van der Waals surface area contributed by atoms with Gasteiger partial charge < -0.3 is 10.6 Å². The molecular weight excluding hydrogens is 608 g/mol. The van der Waals surface area contributed by atoms with E-state index >= 15 is 0 Å². The molecule has 1 saturated carbocycles. The zero-order chi connectivity index (χ0) is 27.2. The molecular formula is C27H20F3IN6O. The highest BCUT2D eigenvalue weighted by atomic mass is 127. The van der Waals surface area contributed by atoms with Crippen molar-refractivity contribution in [3.05, 3.63) is 86.9 Å². The minimum Gasteiger partial charge on any atom is -0.382 e. The van der Waals surface area contributed by atoms with E-state index in [-0.39, 0.29) is 17.6 Å². The average molecular weight is 628 g/mol. The van der Waals surface area contributed by atoms with Crippen LogP contribution in [0.1, 0.15) is 45.7 Å². The van der Waals surface area contributed by atoms with Crippen LogP contribution in [0.3, 0.4) is 0 Å². The van der Waals surface area contributed by atoms with E-state index in [0.717, 1.165) is 28.3 Å². The van der Waals surface area contributed by atoms with Crippen molar-refractivity contribution in [2.45, 2.75) is 32.0 Å². The van der Waals surface area contributed by atoms with Crippen molar-refractivity contribution in [3.63, 3.8) is 0 Å². The third-order valence-electron chi connectivity index (χ3n) is 6.14. The van der Waals surface area contributed by atoms with Gasteiger partial charge in [0.2, 0.25) is 0 Å². The summed E-state index contributed by atoms with van der Waals surface area (Å²) in [6.45, 7) is 5.82. The highest BCUT2D eigenvalue weighted by Crippen LogP contribution is 2.37. The first-order valence-electron chi connectivity index (χ1n) is 11.6. The molecule has 0 aliphatic heterocycles. The zero-order valence-corrected chi connectivity index (χ0v) is 22.2. The lowest BCUT2D eigenvalue weighted by molar-refractivity contribution is -0.141. The zero-order valence-electron chi connectivity index (χ0n) is 20.0. The number of pyridine rings is 1. The van der Waals surface area contributed by atoms with Gasteiger partial charge in [-0.05, 0) is 83.0 Å². The number of amides is 1. The predicted molar refractivity (Wildman–Crippen MR) is 146 cm³/mol. The maximum Gasteiger partial charge on any atom is 0.435 e. The minimum absolute atomic E-state index is 0.116. The van der Waals surface area contributed by atoms with E-state index < -0.39 is 17.8 Å². The molecule has 7 nitrogen and oxygen atoms in total. The lowest BCUT2D eigenvalue weighted by Gasteiger charge is -2.19. The maximum atomic E-state index is 13.6. The van der Waals surface area contributed by atoms with Crippen molar-refractivity contribution in [2.75, 3.05) is 5.32 Å². The Labute approximate surface area is 229 Å². The van der Waals surface area contributed by atoms with Crippen LogP contribution >= 0.6 is 22.6 Å². The number of nitrogens with one attached hydrogen (secondary N) is 2. The molecule has 2 aromatic carbocycles. The Balaban J connectivity index is 1.63. The summed E-state index contributed by atoms with van der Waals surface area (Å²) < 4.78 is 42.4. The van der Waals surface area contributed by atoms with Crippen LogP contribution in [0.5, 0.6) is 0 Å². The Bertz CT molecular complexity index is 1650. The van der Waals surface area contributed by atoms with E-state index in [1.807, 2.05) is 6.07 Å². The van der Waals surface area contributed by atoms with Gasteiger partial charge >= 0.3 is 6.18 Å². The number of anilines is 1. The second-order valence-corrected chi connectivity index (χ2v) is 10.1. The van der Waals surface area contributed by atoms with E-state index in [1.54, 1.807) is 37.3 Å². The standard InChI is InChI=1S/C27H20F3IN6O/c1-14-4-3-9-33-25(14)37-21(12-22(36-37)27(28,29)30)26(38)35-24-20(15(2)34-18-6-7-18)11-17-10-16(13-32)5-8-19(17)23(24)31/h3-5,8-12,18,34H,2,6-7H2,1H3,(H,35,38). The Kier molecular flexibility index (Phi) is 6.60. The topological polar surface area (TPSA) is 95.6 Å². The van der Waals surface area contributed by atoms with Crippen LogP contribution in [0.15, 0.2) is 55.2 Å². The number of aromatic nitrogens is 3. The minimum atomic E-state index is -4.76. The van der Waals surface area contributed by atoms with Gasteiger partial charge in [-0.15, -0.1) is 0 Å². The molecule has 11 heteroatoms. The first kappa shape index (κ1) is 25.7. The van der Waals surface area contributed by atoms with Gasteiger partial charge in [0.25, 0.3) is 5.91 Å². The molecule has 0 radical (unpaired) electrons. The van der Waals surface area contributed by atoms with Gasteiger partial charge in [0, 0.05) is 33.1 Å². The second kappa shape index (κ2) is 9.75. The third kappa shape index (κ3) is 4.96. The van der Waals surface area contributed by atoms with E-state index in [9.17, 15) is 23.2 Å². The number of aryl methyl sites for hydroxylation is 1. The summed E-state index contributed by atoms with van der Waals surface area (Å²) in [6, 6.07) is 13.4. The predicted octanol–water partition coefficient (Wildman–Crippen LogP) is 6.20. The molecule has 0 unspecified atom stereocenters. The van der Waals surface area contributed by atoms with Gasteiger partial charge in [-0.1, -0.05) is 18.7 Å². The number of fused-ring (bicyclic) bond motifs is 1. The molecule has 0 atom stereocenters. The highest BCUT2D eigenvalue weighted by Gasteiger charge is 2.37. The largest absolute Gasteiger partial charge is 0.435 e. The van der Waals surface area contributed by atoms with Crippen LogP contribution in [-0.4, -0.2) is 26.7 Å². The first-order valence-corrected chi connectivity index (χ1v) is 12.7. The second-order valence-electron chi connectivity index (χ2n) is 8.98. The molecule has 1 aliphatic rings. The van der Waals surface area contributed by atoms with Gasteiger partial charge in [0.15, 0.2) is 11.5 Å². The summed E-state index contributed by atoms with van der Waals surface area (Å²) in [5.41, 5.74) is 1.04. The van der Waals surface area contributed by atoms with Gasteiger partial charge in [-0.2, -0.15) is 23.5 Å². The van der Waals surface area contributed by atoms with Crippen LogP contribution in [0, 0.1) is 21.8 Å². The first-order chi connectivity index (χ1) is 18.1. The number of carbonyl (C=O) groups excluding carboxylic acids is 1. The summed E-state index contributed by atoms with van der Waals surface area (Å²) >= 11 is 2.09. The number of hydrogen-bond acceptors (Lipinski definition) is 5. The van der Waals surface area contributed by atoms with Crippen LogP contribution in [-0.2, 0) is 6.18 Å². The lowest BCUT2D eigenvalue weighted by atomic mass is 10.0. The third-order valence-corrected chi connectivity index (χ3v) is 7.26. The summed E-state index contributed by atoms with van der Waals surface area (Å²) in [4.78, 5) is 17.7. The van der Waals surface area contributed by atoms with Gasteiger partial charge in [0.05, 0.1) is 17.3 Å². The van der Waals surface area contributed by atoms with Crippen molar-refractivity contribution >= 4 is 50.7 Å². The highest BCUT2D eigenvalue weighted by molar-refractivity contribution is 14.1. The quantitative estimate of drug-likeness (QED) is 0.248. The number of nitriles is 1. The van der Waals surface area contributed by atoms with Crippen molar-refractivity contribution < 1.29 is 18.0 Å². The molecule has 5 rings (SSSR count). The number of carbonyl (C=O) groups is 1. The summed E-state index contributed by atoms with van der Waals surface area (Å²) in [5.74, 6) is -0.671. The lowest BCUT2D eigenvalue weighted by Crippen LogP contribution is -2.21. The van der Waals surface area contributed by atoms with E-state index in [1.165, 1.54) is 6.20 Å².